The first-order valence-corrected chi connectivity index (χ1v) is 8.54. The van der Waals surface area contributed by atoms with Gasteiger partial charge in [-0.2, -0.15) is 0 Å². The Bertz CT molecular complexity index is 468. The van der Waals surface area contributed by atoms with Gasteiger partial charge in [-0.3, -0.25) is 4.79 Å². The van der Waals surface area contributed by atoms with Crippen molar-refractivity contribution >= 4 is 5.97 Å². The SMILES string of the molecule is COc1ccc(COC(=O)CCCCCCCC(C)C)cc1O. The molecule has 4 heteroatoms. The number of hydrogen-bond acceptors (Lipinski definition) is 4. The zero-order valence-corrected chi connectivity index (χ0v) is 14.6. The third-order valence-corrected chi connectivity index (χ3v) is 3.81. The van der Waals surface area contributed by atoms with Gasteiger partial charge in [-0.05, 0) is 30.0 Å². The molecule has 0 saturated heterocycles. The number of rotatable bonds is 11. The number of methoxy groups -OCH3 is 1. The van der Waals surface area contributed by atoms with E-state index in [1.807, 2.05) is 0 Å². The molecular weight excluding hydrogens is 292 g/mol. The van der Waals surface area contributed by atoms with Crippen LogP contribution in [0.15, 0.2) is 18.2 Å². The minimum atomic E-state index is -0.178. The summed E-state index contributed by atoms with van der Waals surface area (Å²) in [5.74, 6) is 1.07. The highest BCUT2D eigenvalue weighted by Gasteiger charge is 2.06. The van der Waals surface area contributed by atoms with E-state index in [0.29, 0.717) is 12.2 Å². The van der Waals surface area contributed by atoms with Gasteiger partial charge in [0.2, 0.25) is 0 Å². The van der Waals surface area contributed by atoms with E-state index < -0.39 is 0 Å². The Morgan fingerprint density at radius 3 is 2.48 bits per heavy atom. The van der Waals surface area contributed by atoms with E-state index in [-0.39, 0.29) is 18.3 Å². The maximum absolute atomic E-state index is 11.7. The van der Waals surface area contributed by atoms with Crippen molar-refractivity contribution < 1.29 is 19.4 Å². The van der Waals surface area contributed by atoms with E-state index in [1.54, 1.807) is 18.2 Å². The molecule has 0 bridgehead atoms. The first-order valence-electron chi connectivity index (χ1n) is 8.54. The number of benzene rings is 1. The molecule has 0 aromatic heterocycles. The second-order valence-corrected chi connectivity index (χ2v) is 6.37. The van der Waals surface area contributed by atoms with Crippen molar-refractivity contribution in [3.05, 3.63) is 23.8 Å². The molecule has 0 spiro atoms. The highest BCUT2D eigenvalue weighted by Crippen LogP contribution is 2.26. The molecule has 0 saturated carbocycles. The number of carbonyl (C=O) groups is 1. The van der Waals surface area contributed by atoms with E-state index in [0.717, 1.165) is 24.3 Å². The molecule has 0 atom stereocenters. The summed E-state index contributed by atoms with van der Waals surface area (Å²) in [6, 6.07) is 5.00. The molecule has 0 aliphatic heterocycles. The number of phenols is 1. The first kappa shape index (κ1) is 19.3. The third-order valence-electron chi connectivity index (χ3n) is 3.81. The van der Waals surface area contributed by atoms with Crippen molar-refractivity contribution in [3.63, 3.8) is 0 Å². The van der Waals surface area contributed by atoms with Gasteiger partial charge in [0.1, 0.15) is 6.61 Å². The Balaban J connectivity index is 2.11. The number of unbranched alkanes of at least 4 members (excludes halogenated alkanes) is 4. The number of esters is 1. The molecule has 1 aromatic carbocycles. The monoisotopic (exact) mass is 322 g/mol. The number of carbonyl (C=O) groups excluding carboxylic acids is 1. The number of ether oxygens (including phenoxy) is 2. The lowest BCUT2D eigenvalue weighted by Crippen LogP contribution is -2.04. The first-order chi connectivity index (χ1) is 11.0. The minimum absolute atomic E-state index is 0.0578. The van der Waals surface area contributed by atoms with Crippen molar-refractivity contribution in [2.45, 2.75) is 65.4 Å². The summed E-state index contributed by atoms with van der Waals surface area (Å²) in [7, 11) is 1.50. The number of hydrogen-bond donors (Lipinski definition) is 1. The van der Waals surface area contributed by atoms with Crippen molar-refractivity contribution in [2.75, 3.05) is 7.11 Å². The van der Waals surface area contributed by atoms with Gasteiger partial charge in [-0.1, -0.05) is 52.0 Å². The molecule has 4 nitrogen and oxygen atoms in total. The Morgan fingerprint density at radius 2 is 1.83 bits per heavy atom. The highest BCUT2D eigenvalue weighted by molar-refractivity contribution is 5.69. The van der Waals surface area contributed by atoms with Crippen LogP contribution in [0.1, 0.15) is 64.4 Å². The summed E-state index contributed by atoms with van der Waals surface area (Å²) in [6.07, 6.45) is 7.43. The summed E-state index contributed by atoms with van der Waals surface area (Å²) < 4.78 is 10.2. The van der Waals surface area contributed by atoms with Crippen molar-refractivity contribution in [1.82, 2.24) is 0 Å². The zero-order chi connectivity index (χ0) is 17.1. The topological polar surface area (TPSA) is 55.8 Å². The minimum Gasteiger partial charge on any atom is -0.504 e. The van der Waals surface area contributed by atoms with Crippen LogP contribution in [0, 0.1) is 5.92 Å². The summed E-state index contributed by atoms with van der Waals surface area (Å²) >= 11 is 0. The molecular formula is C19H30O4. The van der Waals surface area contributed by atoms with Crippen LogP contribution in [-0.4, -0.2) is 18.2 Å². The van der Waals surface area contributed by atoms with Gasteiger partial charge in [-0.15, -0.1) is 0 Å². The summed E-state index contributed by atoms with van der Waals surface area (Å²) in [5, 5.41) is 9.67. The van der Waals surface area contributed by atoms with Gasteiger partial charge in [0.05, 0.1) is 7.11 Å². The number of phenolic OH excluding ortho intramolecular Hbond substituents is 1. The van der Waals surface area contributed by atoms with Crippen LogP contribution in [0.3, 0.4) is 0 Å². The quantitative estimate of drug-likeness (QED) is 0.468. The van der Waals surface area contributed by atoms with Crippen molar-refractivity contribution in [2.24, 2.45) is 5.92 Å². The lowest BCUT2D eigenvalue weighted by molar-refractivity contribution is -0.145. The second kappa shape index (κ2) is 10.9. The van der Waals surface area contributed by atoms with E-state index in [2.05, 4.69) is 13.8 Å². The van der Waals surface area contributed by atoms with Gasteiger partial charge in [0, 0.05) is 6.42 Å². The van der Waals surface area contributed by atoms with E-state index in [1.165, 1.54) is 32.8 Å². The summed E-state index contributed by atoms with van der Waals surface area (Å²) in [6.45, 7) is 4.68. The van der Waals surface area contributed by atoms with Gasteiger partial charge in [-0.25, -0.2) is 0 Å². The molecule has 0 amide bonds. The van der Waals surface area contributed by atoms with Crippen LogP contribution in [-0.2, 0) is 16.1 Å². The zero-order valence-electron chi connectivity index (χ0n) is 14.6. The molecule has 1 rings (SSSR count). The molecule has 0 unspecified atom stereocenters. The highest BCUT2D eigenvalue weighted by atomic mass is 16.5. The Kier molecular flexibility index (Phi) is 9.18. The Labute approximate surface area is 139 Å². The predicted molar refractivity (Wildman–Crippen MR) is 91.6 cm³/mol. The van der Waals surface area contributed by atoms with Crippen LogP contribution in [0.25, 0.3) is 0 Å². The average molecular weight is 322 g/mol. The molecule has 1 aromatic rings. The maximum Gasteiger partial charge on any atom is 0.306 e. The molecule has 0 aliphatic rings. The molecule has 23 heavy (non-hydrogen) atoms. The fourth-order valence-corrected chi connectivity index (χ4v) is 2.41. The summed E-state index contributed by atoms with van der Waals surface area (Å²) in [5.41, 5.74) is 0.755. The normalized spacial score (nSPS) is 10.8. The molecule has 0 aliphatic carbocycles. The fraction of sp³-hybridized carbons (Fsp3) is 0.632. The fourth-order valence-electron chi connectivity index (χ4n) is 2.41. The van der Waals surface area contributed by atoms with E-state index in [4.69, 9.17) is 9.47 Å². The predicted octanol–water partition coefficient (Wildman–Crippen LogP) is 4.83. The Hall–Kier alpha value is -1.71. The smallest absolute Gasteiger partial charge is 0.306 e. The van der Waals surface area contributed by atoms with Crippen molar-refractivity contribution in [3.8, 4) is 11.5 Å². The lowest BCUT2D eigenvalue weighted by Gasteiger charge is -2.08. The molecule has 0 heterocycles. The average Bonchev–Trinajstić information content (AvgIpc) is 2.51. The molecule has 0 radical (unpaired) electrons. The number of aromatic hydroxyl groups is 1. The molecule has 1 N–H and O–H groups in total. The largest absolute Gasteiger partial charge is 0.504 e. The Morgan fingerprint density at radius 1 is 1.13 bits per heavy atom. The second-order valence-electron chi connectivity index (χ2n) is 6.37. The van der Waals surface area contributed by atoms with Gasteiger partial charge < -0.3 is 14.6 Å². The summed E-state index contributed by atoms with van der Waals surface area (Å²) in [4.78, 5) is 11.7. The third kappa shape index (κ3) is 8.48. The van der Waals surface area contributed by atoms with Crippen LogP contribution >= 0.6 is 0 Å². The van der Waals surface area contributed by atoms with Crippen LogP contribution in [0.4, 0.5) is 0 Å². The van der Waals surface area contributed by atoms with Crippen LogP contribution in [0.2, 0.25) is 0 Å². The van der Waals surface area contributed by atoms with Crippen molar-refractivity contribution in [1.29, 1.82) is 0 Å². The van der Waals surface area contributed by atoms with E-state index >= 15 is 0 Å². The van der Waals surface area contributed by atoms with Gasteiger partial charge in [0.15, 0.2) is 11.5 Å². The molecule has 0 fully saturated rings. The standard InChI is InChI=1S/C19H30O4/c1-15(2)9-7-5-4-6-8-10-19(21)23-14-16-11-12-18(22-3)17(20)13-16/h11-13,15,20H,4-10,14H2,1-3H3. The lowest BCUT2D eigenvalue weighted by atomic mass is 10.0. The maximum atomic E-state index is 11.7. The van der Waals surface area contributed by atoms with Crippen LogP contribution in [0.5, 0.6) is 11.5 Å². The van der Waals surface area contributed by atoms with Gasteiger partial charge >= 0.3 is 5.97 Å². The van der Waals surface area contributed by atoms with E-state index in [9.17, 15) is 9.90 Å². The van der Waals surface area contributed by atoms with Crippen LogP contribution < -0.4 is 4.74 Å². The molecule has 130 valence electrons. The van der Waals surface area contributed by atoms with Gasteiger partial charge in [0.25, 0.3) is 0 Å².